The van der Waals surface area contributed by atoms with E-state index < -0.39 is 0 Å². The van der Waals surface area contributed by atoms with E-state index in [2.05, 4.69) is 28.8 Å². The average molecular weight is 225 g/mol. The molecule has 5 heteroatoms. The molecule has 0 aliphatic carbocycles. The van der Waals surface area contributed by atoms with Crippen molar-refractivity contribution in [2.75, 3.05) is 0 Å². The number of thiophene rings is 1. The Labute approximate surface area is 90.6 Å². The highest BCUT2D eigenvalue weighted by atomic mass is 32.1. The Balaban J connectivity index is 2.36. The van der Waals surface area contributed by atoms with Gasteiger partial charge in [-0.05, 0) is 23.9 Å². The summed E-state index contributed by atoms with van der Waals surface area (Å²) in [6, 6.07) is 2.12. The lowest BCUT2D eigenvalue weighted by atomic mass is 10.1. The highest BCUT2D eigenvalue weighted by molar-refractivity contribution is 7.10. The molecule has 0 radical (unpaired) electrons. The lowest BCUT2D eigenvalue weighted by Gasteiger charge is -2.12. The maximum atomic E-state index is 5.55. The van der Waals surface area contributed by atoms with Crippen molar-refractivity contribution in [3.05, 3.63) is 38.5 Å². The van der Waals surface area contributed by atoms with E-state index in [4.69, 9.17) is 5.84 Å². The van der Waals surface area contributed by atoms with E-state index in [1.54, 1.807) is 22.7 Å². The maximum absolute atomic E-state index is 5.55. The summed E-state index contributed by atoms with van der Waals surface area (Å²) in [6.45, 7) is 2.09. The van der Waals surface area contributed by atoms with E-state index in [0.29, 0.717) is 0 Å². The quantitative estimate of drug-likeness (QED) is 0.621. The number of rotatable bonds is 3. The molecule has 0 saturated heterocycles. The standard InChI is InChI=1S/C9H11N3S2/c1-6-2-3-14-9(6)8(12-10)7-4-13-5-11-7/h2-5,8,12H,10H2,1H3. The summed E-state index contributed by atoms with van der Waals surface area (Å²) in [7, 11) is 0. The second-order valence-electron chi connectivity index (χ2n) is 2.98. The largest absolute Gasteiger partial charge is 0.270 e. The Morgan fingerprint density at radius 2 is 2.43 bits per heavy atom. The molecule has 2 aromatic rings. The first kappa shape index (κ1) is 9.79. The topological polar surface area (TPSA) is 50.9 Å². The van der Waals surface area contributed by atoms with Gasteiger partial charge >= 0.3 is 0 Å². The minimum atomic E-state index is 0.0289. The minimum absolute atomic E-state index is 0.0289. The van der Waals surface area contributed by atoms with Crippen LogP contribution in [0.4, 0.5) is 0 Å². The molecule has 0 aliphatic heterocycles. The minimum Gasteiger partial charge on any atom is -0.270 e. The predicted octanol–water partition coefficient (Wildman–Crippen LogP) is 2.07. The normalized spacial score (nSPS) is 13.0. The van der Waals surface area contributed by atoms with Crippen LogP contribution in [-0.4, -0.2) is 4.98 Å². The molecule has 0 aliphatic rings. The van der Waals surface area contributed by atoms with Crippen LogP contribution in [0.3, 0.4) is 0 Å². The third-order valence-electron chi connectivity index (χ3n) is 2.08. The Hall–Kier alpha value is -0.750. The van der Waals surface area contributed by atoms with Gasteiger partial charge in [0, 0.05) is 10.3 Å². The second kappa shape index (κ2) is 4.18. The molecule has 3 nitrogen and oxygen atoms in total. The van der Waals surface area contributed by atoms with Crippen molar-refractivity contribution in [2.24, 2.45) is 5.84 Å². The highest BCUT2D eigenvalue weighted by Crippen LogP contribution is 2.28. The number of thiazole rings is 1. The molecule has 0 aromatic carbocycles. The summed E-state index contributed by atoms with van der Waals surface area (Å²) in [5, 5.41) is 4.09. The third kappa shape index (κ3) is 1.72. The van der Waals surface area contributed by atoms with Gasteiger partial charge in [0.1, 0.15) is 0 Å². The smallest absolute Gasteiger partial charge is 0.0984 e. The van der Waals surface area contributed by atoms with Crippen molar-refractivity contribution < 1.29 is 0 Å². The summed E-state index contributed by atoms with van der Waals surface area (Å²) < 4.78 is 0. The number of hydrazine groups is 1. The fraction of sp³-hybridized carbons (Fsp3) is 0.222. The van der Waals surface area contributed by atoms with Crippen LogP contribution >= 0.6 is 22.7 Å². The number of hydrogen-bond donors (Lipinski definition) is 2. The number of nitrogens with two attached hydrogens (primary N) is 1. The van der Waals surface area contributed by atoms with Crippen molar-refractivity contribution in [2.45, 2.75) is 13.0 Å². The molecule has 2 heterocycles. The zero-order valence-corrected chi connectivity index (χ0v) is 9.36. The molecule has 1 atom stereocenters. The van der Waals surface area contributed by atoms with Gasteiger partial charge in [-0.25, -0.2) is 10.4 Å². The van der Waals surface area contributed by atoms with E-state index in [1.807, 2.05) is 10.9 Å². The molecule has 2 rings (SSSR count). The first-order chi connectivity index (χ1) is 6.83. The molecule has 3 N–H and O–H groups in total. The summed E-state index contributed by atoms with van der Waals surface area (Å²) in [5.74, 6) is 5.55. The average Bonchev–Trinajstić information content (AvgIpc) is 2.80. The molecule has 0 spiro atoms. The van der Waals surface area contributed by atoms with Gasteiger partial charge in [-0.15, -0.1) is 22.7 Å². The van der Waals surface area contributed by atoms with Crippen molar-refractivity contribution >= 4 is 22.7 Å². The van der Waals surface area contributed by atoms with Crippen molar-refractivity contribution in [1.29, 1.82) is 0 Å². The Kier molecular flexibility index (Phi) is 2.93. The monoisotopic (exact) mass is 225 g/mol. The number of aromatic nitrogens is 1. The Morgan fingerprint density at radius 1 is 1.57 bits per heavy atom. The number of aryl methyl sites for hydroxylation is 1. The van der Waals surface area contributed by atoms with Crippen LogP contribution in [0.2, 0.25) is 0 Å². The fourth-order valence-corrected chi connectivity index (χ4v) is 2.92. The summed E-state index contributed by atoms with van der Waals surface area (Å²) in [6.07, 6.45) is 0. The van der Waals surface area contributed by atoms with Crippen molar-refractivity contribution in [3.8, 4) is 0 Å². The van der Waals surface area contributed by atoms with E-state index in [0.717, 1.165) is 5.69 Å². The Bertz CT molecular complexity index is 394. The summed E-state index contributed by atoms with van der Waals surface area (Å²) in [5.41, 5.74) is 6.87. The van der Waals surface area contributed by atoms with Gasteiger partial charge in [-0.1, -0.05) is 0 Å². The van der Waals surface area contributed by atoms with E-state index >= 15 is 0 Å². The molecule has 74 valence electrons. The fourth-order valence-electron chi connectivity index (χ4n) is 1.34. The van der Waals surface area contributed by atoms with Gasteiger partial charge in [0.2, 0.25) is 0 Å². The molecule has 0 saturated carbocycles. The van der Waals surface area contributed by atoms with E-state index in [1.165, 1.54) is 10.4 Å². The molecule has 2 aromatic heterocycles. The van der Waals surface area contributed by atoms with Crippen molar-refractivity contribution in [3.63, 3.8) is 0 Å². The van der Waals surface area contributed by atoms with Crippen molar-refractivity contribution in [1.82, 2.24) is 10.4 Å². The van der Waals surface area contributed by atoms with Gasteiger partial charge in [0.05, 0.1) is 17.2 Å². The van der Waals surface area contributed by atoms with Crippen LogP contribution in [0.1, 0.15) is 22.2 Å². The van der Waals surface area contributed by atoms with E-state index in [9.17, 15) is 0 Å². The molecule has 0 amide bonds. The first-order valence-electron chi connectivity index (χ1n) is 4.21. The van der Waals surface area contributed by atoms with Gasteiger partial charge in [0.25, 0.3) is 0 Å². The molecule has 1 unspecified atom stereocenters. The van der Waals surface area contributed by atoms with Gasteiger partial charge in [-0.2, -0.15) is 0 Å². The molecule has 0 fully saturated rings. The molecular formula is C9H11N3S2. The first-order valence-corrected chi connectivity index (χ1v) is 6.03. The van der Waals surface area contributed by atoms with Crippen LogP contribution in [0.5, 0.6) is 0 Å². The number of hydrogen-bond acceptors (Lipinski definition) is 5. The van der Waals surface area contributed by atoms with Gasteiger partial charge in [0.15, 0.2) is 0 Å². The molecule has 0 bridgehead atoms. The number of nitrogens with zero attached hydrogens (tertiary/aromatic N) is 1. The van der Waals surface area contributed by atoms with Crippen LogP contribution < -0.4 is 11.3 Å². The number of nitrogens with one attached hydrogen (secondary N) is 1. The molecule has 14 heavy (non-hydrogen) atoms. The lowest BCUT2D eigenvalue weighted by Crippen LogP contribution is -2.28. The zero-order chi connectivity index (χ0) is 9.97. The van der Waals surface area contributed by atoms with Crippen LogP contribution in [0.15, 0.2) is 22.3 Å². The summed E-state index contributed by atoms with van der Waals surface area (Å²) >= 11 is 3.29. The third-order valence-corrected chi connectivity index (χ3v) is 3.77. The summed E-state index contributed by atoms with van der Waals surface area (Å²) in [4.78, 5) is 5.50. The highest BCUT2D eigenvalue weighted by Gasteiger charge is 2.17. The second-order valence-corrected chi connectivity index (χ2v) is 4.65. The zero-order valence-electron chi connectivity index (χ0n) is 7.73. The predicted molar refractivity (Wildman–Crippen MR) is 60.3 cm³/mol. The Morgan fingerprint density at radius 3 is 2.93 bits per heavy atom. The van der Waals surface area contributed by atoms with Crippen LogP contribution in [-0.2, 0) is 0 Å². The SMILES string of the molecule is Cc1ccsc1C(NN)c1cscn1. The molecular weight excluding hydrogens is 214 g/mol. The van der Waals surface area contributed by atoms with Gasteiger partial charge < -0.3 is 0 Å². The van der Waals surface area contributed by atoms with Gasteiger partial charge in [-0.3, -0.25) is 5.84 Å². The van der Waals surface area contributed by atoms with Crippen LogP contribution in [0.25, 0.3) is 0 Å². The maximum Gasteiger partial charge on any atom is 0.0984 e. The lowest BCUT2D eigenvalue weighted by molar-refractivity contribution is 0.631. The van der Waals surface area contributed by atoms with Crippen LogP contribution in [0, 0.1) is 6.92 Å². The van der Waals surface area contributed by atoms with E-state index in [-0.39, 0.29) is 6.04 Å².